The summed E-state index contributed by atoms with van der Waals surface area (Å²) in [6, 6.07) is 4.95. The van der Waals surface area contributed by atoms with Crippen molar-refractivity contribution in [2.75, 3.05) is 12.3 Å². The van der Waals surface area contributed by atoms with E-state index >= 15 is 0 Å². The predicted molar refractivity (Wildman–Crippen MR) is 84.9 cm³/mol. The summed E-state index contributed by atoms with van der Waals surface area (Å²) in [7, 11) is 0. The fraction of sp³-hybridized carbons (Fsp3) is 0.688. The quantitative estimate of drug-likeness (QED) is 0.862. The van der Waals surface area contributed by atoms with E-state index in [9.17, 15) is 0 Å². The Morgan fingerprint density at radius 3 is 2.79 bits per heavy atom. The van der Waals surface area contributed by atoms with Gasteiger partial charge in [-0.1, -0.05) is 19.9 Å². The summed E-state index contributed by atoms with van der Waals surface area (Å²) < 4.78 is 0.376. The fourth-order valence-corrected chi connectivity index (χ4v) is 4.23. The van der Waals surface area contributed by atoms with E-state index in [1.165, 1.54) is 29.9 Å². The summed E-state index contributed by atoms with van der Waals surface area (Å²) in [5.74, 6) is 1.31. The van der Waals surface area contributed by atoms with E-state index < -0.39 is 0 Å². The molecule has 1 aliphatic rings. The molecule has 2 atom stereocenters. The highest BCUT2D eigenvalue weighted by Gasteiger charge is 2.37. The van der Waals surface area contributed by atoms with Gasteiger partial charge in [-0.25, -0.2) is 0 Å². The number of hydrogen-bond acceptors (Lipinski definition) is 3. The smallest absolute Gasteiger partial charge is 0.0419 e. The van der Waals surface area contributed by atoms with E-state index in [2.05, 4.69) is 55.0 Å². The molecular formula is C16H26N2S. The van der Waals surface area contributed by atoms with Crippen LogP contribution in [0.5, 0.6) is 0 Å². The van der Waals surface area contributed by atoms with Gasteiger partial charge in [-0.3, -0.25) is 4.98 Å². The Morgan fingerprint density at radius 2 is 2.26 bits per heavy atom. The fourth-order valence-electron chi connectivity index (χ4n) is 2.82. The van der Waals surface area contributed by atoms with Crippen molar-refractivity contribution in [3.05, 3.63) is 29.6 Å². The average molecular weight is 278 g/mol. The van der Waals surface area contributed by atoms with Crippen molar-refractivity contribution in [1.29, 1.82) is 0 Å². The Kier molecular flexibility index (Phi) is 5.28. The third kappa shape index (κ3) is 3.73. The molecule has 1 aromatic heterocycles. The van der Waals surface area contributed by atoms with Crippen LogP contribution in [0, 0.1) is 0 Å². The molecule has 2 heterocycles. The lowest BCUT2D eigenvalue weighted by molar-refractivity contribution is 0.403. The minimum atomic E-state index is 0.376. The number of nitrogens with zero attached hydrogens (tertiary/aromatic N) is 1. The third-order valence-corrected chi connectivity index (χ3v) is 5.79. The summed E-state index contributed by atoms with van der Waals surface area (Å²) in [6.45, 7) is 7.82. The highest BCUT2D eigenvalue weighted by atomic mass is 32.2. The predicted octanol–water partition coefficient (Wildman–Crippen LogP) is 3.45. The molecule has 106 valence electrons. The number of aromatic nitrogens is 1. The van der Waals surface area contributed by atoms with Gasteiger partial charge in [-0.15, -0.1) is 0 Å². The van der Waals surface area contributed by atoms with Crippen molar-refractivity contribution < 1.29 is 0 Å². The van der Waals surface area contributed by atoms with Gasteiger partial charge in [0.1, 0.15) is 0 Å². The molecule has 2 unspecified atom stereocenters. The zero-order chi connectivity index (χ0) is 13.7. The van der Waals surface area contributed by atoms with Gasteiger partial charge in [0.25, 0.3) is 0 Å². The summed E-state index contributed by atoms with van der Waals surface area (Å²) >= 11 is 2.13. The first-order valence-corrected chi connectivity index (χ1v) is 8.47. The van der Waals surface area contributed by atoms with Crippen molar-refractivity contribution in [2.45, 2.75) is 57.2 Å². The van der Waals surface area contributed by atoms with Gasteiger partial charge in [0.2, 0.25) is 0 Å². The first-order valence-electron chi connectivity index (χ1n) is 7.49. The molecular weight excluding hydrogens is 252 g/mol. The Morgan fingerprint density at radius 1 is 1.42 bits per heavy atom. The lowest BCUT2D eigenvalue weighted by atomic mass is 9.92. The molecule has 3 heteroatoms. The lowest BCUT2D eigenvalue weighted by Gasteiger charge is -2.34. The molecule has 1 aliphatic heterocycles. The molecule has 0 bridgehead atoms. The minimum absolute atomic E-state index is 0.376. The molecule has 2 rings (SSSR count). The molecule has 0 amide bonds. The van der Waals surface area contributed by atoms with Crippen LogP contribution in [0.15, 0.2) is 18.3 Å². The average Bonchev–Trinajstić information content (AvgIpc) is 2.87. The van der Waals surface area contributed by atoms with E-state index in [0.29, 0.717) is 10.8 Å². The number of hydrogen-bond donors (Lipinski definition) is 1. The minimum Gasteiger partial charge on any atom is -0.312 e. The van der Waals surface area contributed by atoms with Crippen LogP contribution in [0.1, 0.15) is 44.9 Å². The second-order valence-corrected chi connectivity index (χ2v) is 7.22. The molecule has 1 fully saturated rings. The highest BCUT2D eigenvalue weighted by molar-refractivity contribution is 8.00. The number of nitrogens with one attached hydrogen (secondary N) is 1. The normalized spacial score (nSPS) is 24.6. The van der Waals surface area contributed by atoms with Crippen molar-refractivity contribution in [3.63, 3.8) is 0 Å². The second-order valence-electron chi connectivity index (χ2n) is 5.59. The van der Waals surface area contributed by atoms with E-state index in [0.717, 1.165) is 19.4 Å². The Bertz CT molecular complexity index is 382. The maximum atomic E-state index is 4.62. The molecule has 1 N–H and O–H groups in total. The standard InChI is InChI=1S/C16H26N2S/c1-4-13-7-8-14(18-12-13)11-15(17-5-2)16(3)9-6-10-19-16/h7-8,12,15,17H,4-6,9-11H2,1-3H3. The summed E-state index contributed by atoms with van der Waals surface area (Å²) in [6.07, 6.45) is 6.81. The first-order chi connectivity index (χ1) is 9.18. The SMILES string of the molecule is CCNC(Cc1ccc(CC)cn1)C1(C)CCCS1. The van der Waals surface area contributed by atoms with E-state index in [1.54, 1.807) is 0 Å². The van der Waals surface area contributed by atoms with Gasteiger partial charge < -0.3 is 5.32 Å². The van der Waals surface area contributed by atoms with Gasteiger partial charge in [0.05, 0.1) is 0 Å². The second kappa shape index (κ2) is 6.76. The largest absolute Gasteiger partial charge is 0.312 e. The van der Waals surface area contributed by atoms with Crippen LogP contribution in [-0.2, 0) is 12.8 Å². The maximum Gasteiger partial charge on any atom is 0.0419 e. The Hall–Kier alpha value is -0.540. The number of rotatable bonds is 6. The molecule has 1 saturated heterocycles. The molecule has 0 spiro atoms. The molecule has 19 heavy (non-hydrogen) atoms. The maximum absolute atomic E-state index is 4.62. The van der Waals surface area contributed by atoms with Gasteiger partial charge in [-0.05, 0) is 50.1 Å². The van der Waals surface area contributed by atoms with E-state index in [4.69, 9.17) is 0 Å². The summed E-state index contributed by atoms with van der Waals surface area (Å²) in [5.41, 5.74) is 2.54. The van der Waals surface area contributed by atoms with Crippen molar-refractivity contribution in [2.24, 2.45) is 0 Å². The molecule has 0 aliphatic carbocycles. The highest BCUT2D eigenvalue weighted by Crippen LogP contribution is 2.41. The van der Waals surface area contributed by atoms with Crippen LogP contribution in [0.3, 0.4) is 0 Å². The van der Waals surface area contributed by atoms with Gasteiger partial charge >= 0.3 is 0 Å². The summed E-state index contributed by atoms with van der Waals surface area (Å²) in [4.78, 5) is 4.62. The molecule has 0 radical (unpaired) electrons. The number of pyridine rings is 1. The van der Waals surface area contributed by atoms with Gasteiger partial charge in [0.15, 0.2) is 0 Å². The number of aryl methyl sites for hydroxylation is 1. The Balaban J connectivity index is 2.06. The van der Waals surface area contributed by atoms with Crippen molar-refractivity contribution >= 4 is 11.8 Å². The molecule has 2 nitrogen and oxygen atoms in total. The topological polar surface area (TPSA) is 24.9 Å². The van der Waals surface area contributed by atoms with Crippen LogP contribution < -0.4 is 5.32 Å². The van der Waals surface area contributed by atoms with Gasteiger partial charge in [-0.2, -0.15) is 11.8 Å². The zero-order valence-corrected chi connectivity index (χ0v) is 13.2. The lowest BCUT2D eigenvalue weighted by Crippen LogP contribution is -2.46. The molecule has 0 aromatic carbocycles. The van der Waals surface area contributed by atoms with Crippen LogP contribution in [0.25, 0.3) is 0 Å². The number of thioether (sulfide) groups is 1. The van der Waals surface area contributed by atoms with E-state index in [-0.39, 0.29) is 0 Å². The van der Waals surface area contributed by atoms with Crippen LogP contribution in [-0.4, -0.2) is 28.1 Å². The first kappa shape index (κ1) is 14.9. The Labute approximate surface area is 121 Å². The van der Waals surface area contributed by atoms with Crippen molar-refractivity contribution in [3.8, 4) is 0 Å². The molecule has 0 saturated carbocycles. The van der Waals surface area contributed by atoms with E-state index in [1.807, 2.05) is 6.20 Å². The third-order valence-electron chi connectivity index (χ3n) is 4.14. The van der Waals surface area contributed by atoms with Gasteiger partial charge in [0, 0.05) is 29.1 Å². The van der Waals surface area contributed by atoms with Crippen molar-refractivity contribution in [1.82, 2.24) is 10.3 Å². The summed E-state index contributed by atoms with van der Waals surface area (Å²) in [5, 5.41) is 3.68. The van der Waals surface area contributed by atoms with Crippen LogP contribution in [0.2, 0.25) is 0 Å². The number of likely N-dealkylation sites (N-methyl/N-ethyl adjacent to an activating group) is 1. The monoisotopic (exact) mass is 278 g/mol. The molecule has 1 aromatic rings. The van der Waals surface area contributed by atoms with Crippen LogP contribution >= 0.6 is 11.8 Å². The van der Waals surface area contributed by atoms with Crippen LogP contribution in [0.4, 0.5) is 0 Å². The zero-order valence-electron chi connectivity index (χ0n) is 12.4.